The van der Waals surface area contributed by atoms with Crippen molar-refractivity contribution in [2.75, 3.05) is 19.1 Å². The lowest BCUT2D eigenvalue weighted by Gasteiger charge is -2.33. The number of carbonyl (C=O) groups is 1. The van der Waals surface area contributed by atoms with Gasteiger partial charge in [-0.15, -0.1) is 10.2 Å². The van der Waals surface area contributed by atoms with Gasteiger partial charge in [0.15, 0.2) is 11.5 Å². The number of thioether (sulfide) groups is 1. The summed E-state index contributed by atoms with van der Waals surface area (Å²) in [6.07, 6.45) is 3.35. The Hall–Kier alpha value is -2.22. The number of aromatic nitrogens is 2. The Bertz CT molecular complexity index is 779. The Morgan fingerprint density at radius 3 is 3.04 bits per heavy atom. The predicted molar refractivity (Wildman–Crippen MR) is 91.6 cm³/mol. The second-order valence-electron chi connectivity index (χ2n) is 6.16. The quantitative estimate of drug-likeness (QED) is 0.775. The van der Waals surface area contributed by atoms with E-state index in [4.69, 9.17) is 13.9 Å². The van der Waals surface area contributed by atoms with Crippen molar-refractivity contribution in [2.24, 2.45) is 0 Å². The van der Waals surface area contributed by atoms with E-state index in [2.05, 4.69) is 17.1 Å². The highest BCUT2D eigenvalue weighted by Gasteiger charge is 2.24. The zero-order chi connectivity index (χ0) is 17.2. The molecule has 1 atom stereocenters. The maximum absolute atomic E-state index is 12.4. The van der Waals surface area contributed by atoms with E-state index in [1.165, 1.54) is 18.2 Å². The molecule has 1 aromatic heterocycles. The normalized spacial score (nSPS) is 19.2. The number of rotatable bonds is 4. The van der Waals surface area contributed by atoms with Crippen molar-refractivity contribution >= 4 is 17.7 Å². The van der Waals surface area contributed by atoms with Crippen molar-refractivity contribution in [1.82, 2.24) is 15.1 Å². The summed E-state index contributed by atoms with van der Waals surface area (Å²) in [6.45, 7) is 3.17. The number of carbonyl (C=O) groups excluding carboxylic acids is 1. The van der Waals surface area contributed by atoms with Crippen LogP contribution in [0.1, 0.15) is 26.2 Å². The molecule has 2 aliphatic heterocycles. The third kappa shape index (κ3) is 3.44. The lowest BCUT2D eigenvalue weighted by atomic mass is 10.0. The molecule has 1 fully saturated rings. The molecule has 0 radical (unpaired) electrons. The number of likely N-dealkylation sites (tertiary alicyclic amines) is 1. The van der Waals surface area contributed by atoms with E-state index >= 15 is 0 Å². The van der Waals surface area contributed by atoms with Crippen LogP contribution >= 0.6 is 11.8 Å². The van der Waals surface area contributed by atoms with Gasteiger partial charge in [0, 0.05) is 18.2 Å². The average molecular weight is 361 g/mol. The molecule has 25 heavy (non-hydrogen) atoms. The van der Waals surface area contributed by atoms with Crippen LogP contribution in [0.15, 0.2) is 27.8 Å². The summed E-state index contributed by atoms with van der Waals surface area (Å²) in [7, 11) is 0. The van der Waals surface area contributed by atoms with Crippen LogP contribution in [0.2, 0.25) is 0 Å². The van der Waals surface area contributed by atoms with Crippen LogP contribution in [0.3, 0.4) is 0 Å². The Morgan fingerprint density at radius 2 is 2.16 bits per heavy atom. The van der Waals surface area contributed by atoms with Crippen molar-refractivity contribution in [2.45, 2.75) is 37.5 Å². The fourth-order valence-corrected chi connectivity index (χ4v) is 3.74. The second-order valence-corrected chi connectivity index (χ2v) is 7.09. The van der Waals surface area contributed by atoms with Crippen LogP contribution in [0.25, 0.3) is 11.5 Å². The monoisotopic (exact) mass is 361 g/mol. The van der Waals surface area contributed by atoms with E-state index in [0.29, 0.717) is 34.4 Å². The average Bonchev–Trinajstić information content (AvgIpc) is 3.28. The summed E-state index contributed by atoms with van der Waals surface area (Å²) in [4.78, 5) is 14.3. The largest absolute Gasteiger partial charge is 0.454 e. The van der Waals surface area contributed by atoms with Gasteiger partial charge in [0.05, 0.1) is 5.75 Å². The molecule has 0 aliphatic carbocycles. The van der Waals surface area contributed by atoms with Gasteiger partial charge in [-0.2, -0.15) is 0 Å². The Kier molecular flexibility index (Phi) is 4.52. The van der Waals surface area contributed by atoms with Crippen molar-refractivity contribution in [3.8, 4) is 23.0 Å². The number of ether oxygens (including phenoxy) is 2. The summed E-state index contributed by atoms with van der Waals surface area (Å²) in [5, 5.41) is 8.48. The van der Waals surface area contributed by atoms with Crippen molar-refractivity contribution in [1.29, 1.82) is 0 Å². The molecule has 0 N–H and O–H groups in total. The van der Waals surface area contributed by atoms with E-state index in [-0.39, 0.29) is 12.7 Å². The lowest BCUT2D eigenvalue weighted by molar-refractivity contribution is -0.131. The topological polar surface area (TPSA) is 77.7 Å². The summed E-state index contributed by atoms with van der Waals surface area (Å²) in [5.74, 6) is 2.21. The number of hydrogen-bond donors (Lipinski definition) is 0. The molecule has 1 aromatic carbocycles. The molecule has 2 aliphatic rings. The van der Waals surface area contributed by atoms with Crippen LogP contribution < -0.4 is 9.47 Å². The highest BCUT2D eigenvalue weighted by Crippen LogP contribution is 2.36. The van der Waals surface area contributed by atoms with Gasteiger partial charge in [0.2, 0.25) is 18.6 Å². The maximum Gasteiger partial charge on any atom is 0.277 e. The van der Waals surface area contributed by atoms with Gasteiger partial charge in [0.1, 0.15) is 0 Å². The van der Waals surface area contributed by atoms with Crippen LogP contribution in [-0.4, -0.2) is 46.1 Å². The zero-order valence-electron chi connectivity index (χ0n) is 13.9. The molecule has 7 nitrogen and oxygen atoms in total. The van der Waals surface area contributed by atoms with Crippen LogP contribution in [0, 0.1) is 0 Å². The number of piperidine rings is 1. The van der Waals surface area contributed by atoms with E-state index in [0.717, 1.165) is 24.9 Å². The third-order valence-corrected chi connectivity index (χ3v) is 5.27. The molecule has 2 aromatic rings. The predicted octanol–water partition coefficient (Wildman–Crippen LogP) is 2.96. The van der Waals surface area contributed by atoms with Gasteiger partial charge in [-0.3, -0.25) is 4.79 Å². The Labute approximate surface area is 149 Å². The molecule has 0 spiro atoms. The molecular formula is C17H19N3O4S. The van der Waals surface area contributed by atoms with Crippen molar-refractivity contribution in [3.63, 3.8) is 0 Å². The van der Waals surface area contributed by atoms with Gasteiger partial charge < -0.3 is 18.8 Å². The van der Waals surface area contributed by atoms with Crippen LogP contribution in [-0.2, 0) is 4.79 Å². The van der Waals surface area contributed by atoms with E-state index in [1.807, 2.05) is 23.1 Å². The number of nitrogens with zero attached hydrogens (tertiary/aromatic N) is 3. The molecule has 8 heteroatoms. The smallest absolute Gasteiger partial charge is 0.277 e. The van der Waals surface area contributed by atoms with Gasteiger partial charge in [-0.05, 0) is 44.4 Å². The molecule has 132 valence electrons. The minimum atomic E-state index is 0.125. The summed E-state index contributed by atoms with van der Waals surface area (Å²) < 4.78 is 16.3. The zero-order valence-corrected chi connectivity index (χ0v) is 14.8. The molecule has 0 saturated carbocycles. The molecular weight excluding hydrogens is 342 g/mol. The minimum Gasteiger partial charge on any atom is -0.454 e. The van der Waals surface area contributed by atoms with Crippen molar-refractivity contribution < 1.29 is 18.7 Å². The molecule has 3 heterocycles. The lowest BCUT2D eigenvalue weighted by Crippen LogP contribution is -2.42. The first-order valence-electron chi connectivity index (χ1n) is 8.36. The molecule has 1 saturated heterocycles. The third-order valence-electron chi connectivity index (χ3n) is 4.47. The Morgan fingerprint density at radius 1 is 1.28 bits per heavy atom. The van der Waals surface area contributed by atoms with Crippen molar-refractivity contribution in [3.05, 3.63) is 18.2 Å². The van der Waals surface area contributed by atoms with E-state index in [1.54, 1.807) is 0 Å². The highest BCUT2D eigenvalue weighted by atomic mass is 32.2. The van der Waals surface area contributed by atoms with Crippen LogP contribution in [0.4, 0.5) is 0 Å². The van der Waals surface area contributed by atoms with Gasteiger partial charge in [-0.1, -0.05) is 11.8 Å². The fraction of sp³-hybridized carbons (Fsp3) is 0.471. The van der Waals surface area contributed by atoms with Gasteiger partial charge >= 0.3 is 0 Å². The highest BCUT2D eigenvalue weighted by molar-refractivity contribution is 7.99. The van der Waals surface area contributed by atoms with E-state index < -0.39 is 0 Å². The Balaban J connectivity index is 1.39. The number of amides is 1. The second kappa shape index (κ2) is 6.95. The molecule has 0 bridgehead atoms. The first kappa shape index (κ1) is 16.3. The maximum atomic E-state index is 12.4. The van der Waals surface area contributed by atoms with Gasteiger partial charge in [0.25, 0.3) is 5.22 Å². The molecule has 1 amide bonds. The minimum absolute atomic E-state index is 0.125. The first-order chi connectivity index (χ1) is 12.2. The van der Waals surface area contributed by atoms with E-state index in [9.17, 15) is 4.79 Å². The molecule has 0 unspecified atom stereocenters. The standard InChI is InChI=1S/C17H19N3O4S/c1-11-4-2-3-7-20(11)15(21)9-25-17-19-18-16(24-17)12-5-6-13-14(8-12)23-10-22-13/h5-6,8,11H,2-4,7,9-10H2,1H3/t11-/m1/s1. The summed E-state index contributed by atoms with van der Waals surface area (Å²) >= 11 is 1.28. The number of hydrogen-bond acceptors (Lipinski definition) is 7. The first-order valence-corrected chi connectivity index (χ1v) is 9.35. The molecule has 4 rings (SSSR count). The summed E-state index contributed by atoms with van der Waals surface area (Å²) in [5.41, 5.74) is 0.763. The fourth-order valence-electron chi connectivity index (χ4n) is 3.09. The SMILES string of the molecule is C[C@@H]1CCCCN1C(=O)CSc1nnc(-c2ccc3c(c2)OCO3)o1. The number of fused-ring (bicyclic) bond motifs is 1. The van der Waals surface area contributed by atoms with Gasteiger partial charge in [-0.25, -0.2) is 0 Å². The van der Waals surface area contributed by atoms with Crippen LogP contribution in [0.5, 0.6) is 11.5 Å². The summed E-state index contributed by atoms with van der Waals surface area (Å²) in [6, 6.07) is 5.78. The number of benzene rings is 1.